The maximum Gasteiger partial charge on any atom is 0.298 e. The van der Waals surface area contributed by atoms with Crippen molar-refractivity contribution in [2.24, 2.45) is 0 Å². The van der Waals surface area contributed by atoms with Crippen LogP contribution in [0.25, 0.3) is 22.3 Å². The Kier molecular flexibility index (Phi) is 10.7. The maximum atomic E-state index is 12.5. The van der Waals surface area contributed by atoms with Crippen molar-refractivity contribution < 1.29 is 72.3 Å². The summed E-state index contributed by atoms with van der Waals surface area (Å²) in [7, 11) is -20.1. The first-order valence-electron chi connectivity index (χ1n) is 19.4. The maximum absolute atomic E-state index is 12.5. The van der Waals surface area contributed by atoms with Crippen molar-refractivity contribution in [3.8, 4) is 23.0 Å². The van der Waals surface area contributed by atoms with E-state index in [2.05, 4.69) is 19.9 Å². The molecule has 0 fully saturated rings. The third-order valence-electron chi connectivity index (χ3n) is 11.0. The summed E-state index contributed by atoms with van der Waals surface area (Å²) in [6.45, 7) is 0. The molecule has 1 aliphatic heterocycles. The van der Waals surface area contributed by atoms with Gasteiger partial charge in [-0.3, -0.25) is 18.2 Å². The van der Waals surface area contributed by atoms with Crippen LogP contribution >= 0.6 is 0 Å². The number of aromatic nitrogens is 4. The lowest BCUT2D eigenvalue weighted by Gasteiger charge is -2.12. The Balaban J connectivity index is 1.48. The average Bonchev–Trinajstić information content (AvgIpc) is 4.09. The number of H-pyrrole nitrogens is 4. The molecule has 0 radical (unpaired) electrons. The zero-order chi connectivity index (χ0) is 48.8. The van der Waals surface area contributed by atoms with E-state index < -0.39 is 83.1 Å². The SMILES string of the molecule is O=S(=O)(O)c1cc(C2=c3ccc([nH]3)=C(c3ccc(O)c(S(=O)(=O)O)c3)c3ccc([nH]3)C(c3ccc(O)c(S(=O)(=O)O)c3)=c3ccc([nH]3)=C(c3ccc(O)c(S(=O)(=O)O)c3)c3ccc2[nH]3)ccc1O. The third-order valence-corrected chi connectivity index (χ3v) is 14.5. The van der Waals surface area contributed by atoms with Gasteiger partial charge in [0.1, 0.15) is 42.6 Å². The van der Waals surface area contributed by atoms with Crippen LogP contribution in [0, 0.1) is 0 Å². The number of hydrogen-bond acceptors (Lipinski definition) is 12. The van der Waals surface area contributed by atoms with Crippen molar-refractivity contribution in [2.75, 3.05) is 0 Å². The summed E-state index contributed by atoms with van der Waals surface area (Å²) in [5.74, 6) is -3.10. The van der Waals surface area contributed by atoms with E-state index in [0.29, 0.717) is 0 Å². The van der Waals surface area contributed by atoms with Crippen LogP contribution in [0.15, 0.2) is 141 Å². The molecule has 4 aromatic carbocycles. The number of fused-ring (bicyclic) bond motifs is 8. The number of benzene rings is 4. The Morgan fingerprint density at radius 3 is 0.676 bits per heavy atom. The van der Waals surface area contributed by atoms with Gasteiger partial charge in [-0.15, -0.1) is 0 Å². The lowest BCUT2D eigenvalue weighted by molar-refractivity contribution is 0.441. The van der Waals surface area contributed by atoms with Gasteiger partial charge in [0.25, 0.3) is 40.5 Å². The van der Waals surface area contributed by atoms with Crippen LogP contribution in [0.1, 0.15) is 45.0 Å². The van der Waals surface area contributed by atoms with Gasteiger partial charge in [-0.05, 0) is 119 Å². The van der Waals surface area contributed by atoms with E-state index in [9.17, 15) is 72.3 Å². The molecule has 9 rings (SSSR count). The van der Waals surface area contributed by atoms with E-state index in [4.69, 9.17) is 0 Å². The van der Waals surface area contributed by atoms with Gasteiger partial charge in [0, 0.05) is 66.5 Å². The summed E-state index contributed by atoms with van der Waals surface area (Å²) in [5.41, 5.74) is 2.07. The zero-order valence-electron chi connectivity index (χ0n) is 34.0. The summed E-state index contributed by atoms with van der Waals surface area (Å²) in [5, 5.41) is 42.9. The van der Waals surface area contributed by atoms with Gasteiger partial charge in [-0.1, -0.05) is 24.3 Å². The van der Waals surface area contributed by atoms with Crippen LogP contribution in [0.4, 0.5) is 0 Å². The third kappa shape index (κ3) is 8.26. The second kappa shape index (κ2) is 16.0. The number of hydrogen-bond donors (Lipinski definition) is 12. The second-order valence-electron chi connectivity index (χ2n) is 15.3. The van der Waals surface area contributed by atoms with Crippen molar-refractivity contribution >= 4 is 62.8 Å². The van der Waals surface area contributed by atoms with Crippen molar-refractivity contribution in [3.63, 3.8) is 0 Å². The average molecular weight is 1000 g/mol. The van der Waals surface area contributed by atoms with Crippen molar-refractivity contribution in [3.05, 3.63) is 188 Å². The highest BCUT2D eigenvalue weighted by molar-refractivity contribution is 7.86. The first-order valence-corrected chi connectivity index (χ1v) is 25.1. The molecular weight excluding hydrogens is 969 g/mol. The molecule has 12 N–H and O–H groups in total. The van der Waals surface area contributed by atoms with E-state index >= 15 is 0 Å². The minimum Gasteiger partial charge on any atom is -0.506 e. The molecule has 0 unspecified atom stereocenters. The molecule has 4 aromatic heterocycles. The molecular formula is C44H32N4O16S4. The molecule has 8 bridgehead atoms. The molecule has 0 atom stereocenters. The fourth-order valence-electron chi connectivity index (χ4n) is 8.08. The normalized spacial score (nSPS) is 13.6. The molecule has 0 saturated heterocycles. The monoisotopic (exact) mass is 1000 g/mol. The lowest BCUT2D eigenvalue weighted by atomic mass is 10.0. The number of aromatic hydroxyl groups is 4. The smallest absolute Gasteiger partial charge is 0.298 e. The van der Waals surface area contributed by atoms with Gasteiger partial charge in [-0.25, -0.2) is 0 Å². The van der Waals surface area contributed by atoms with E-state index in [1.54, 1.807) is 48.5 Å². The minimum absolute atomic E-state index is 0.0970. The Bertz CT molecular complexity index is 3670. The highest BCUT2D eigenvalue weighted by atomic mass is 32.2. The van der Waals surface area contributed by atoms with Gasteiger partial charge in [0.05, 0.1) is 0 Å². The summed E-state index contributed by atoms with van der Waals surface area (Å²) in [6, 6.07) is 26.1. The van der Waals surface area contributed by atoms with Crippen LogP contribution in [-0.2, 0) is 40.5 Å². The number of phenolic OH excluding ortho intramolecular Hbond substituents is 4. The minimum atomic E-state index is -5.01. The molecule has 0 amide bonds. The molecule has 0 spiro atoms. The van der Waals surface area contributed by atoms with Gasteiger partial charge in [-0.2, -0.15) is 33.7 Å². The number of phenols is 4. The Labute approximate surface area is 383 Å². The molecule has 348 valence electrons. The van der Waals surface area contributed by atoms with Crippen LogP contribution in [-0.4, -0.2) is 92.2 Å². The topological polar surface area (TPSA) is 362 Å². The number of nitrogens with one attached hydrogen (secondary N) is 4. The second-order valence-corrected chi connectivity index (χ2v) is 20.8. The zero-order valence-corrected chi connectivity index (χ0v) is 37.3. The molecule has 1 aliphatic rings. The quantitative estimate of drug-likeness (QED) is 0.0970. The standard InChI is InChI=1S/C44H32N4O16S4/c49-33-13-1-21(17-37(33)65(53,54)55)41-25-5-7-27(45-25)42(22-2-14-34(50)38(18-22)66(56,57)58)29-9-11-31(47-29)44(24-4-16-36(52)40(20-24)68(62,63)64)32-12-10-30(48-32)43(28-8-6-26(41)46-28)23-3-15-35(51)39(19-23)67(59,60)61/h1-20,45-52H,(H,53,54,55)(H,56,57,58)(H,59,60,61)(H,62,63,64). The summed E-state index contributed by atoms with van der Waals surface area (Å²) in [4.78, 5) is 9.63. The Morgan fingerprint density at radius 2 is 0.485 bits per heavy atom. The first-order chi connectivity index (χ1) is 31.9. The lowest BCUT2D eigenvalue weighted by Crippen LogP contribution is -2.19. The largest absolute Gasteiger partial charge is 0.506 e. The molecule has 0 saturated carbocycles. The molecule has 8 aromatic rings. The number of rotatable bonds is 8. The van der Waals surface area contributed by atoms with Crippen molar-refractivity contribution in [1.29, 1.82) is 0 Å². The van der Waals surface area contributed by atoms with Crippen LogP contribution in [0.2, 0.25) is 0 Å². The van der Waals surface area contributed by atoms with E-state index in [-0.39, 0.29) is 88.7 Å². The highest BCUT2D eigenvalue weighted by Gasteiger charge is 2.25. The van der Waals surface area contributed by atoms with Crippen molar-refractivity contribution in [1.82, 2.24) is 19.9 Å². The van der Waals surface area contributed by atoms with Crippen molar-refractivity contribution in [2.45, 2.75) is 19.6 Å². The van der Waals surface area contributed by atoms with E-state index in [0.717, 1.165) is 48.5 Å². The van der Waals surface area contributed by atoms with Gasteiger partial charge in [0.2, 0.25) is 0 Å². The predicted molar refractivity (Wildman–Crippen MR) is 240 cm³/mol. The van der Waals surface area contributed by atoms with E-state index in [1.807, 2.05) is 0 Å². The summed E-state index contributed by atoms with van der Waals surface area (Å²) in [6.07, 6.45) is 0. The summed E-state index contributed by atoms with van der Waals surface area (Å²) < 4.78 is 140. The van der Waals surface area contributed by atoms with Crippen LogP contribution in [0.3, 0.4) is 0 Å². The highest BCUT2D eigenvalue weighted by Crippen LogP contribution is 2.35. The number of aromatic amines is 4. The molecule has 20 nitrogen and oxygen atoms in total. The Morgan fingerprint density at radius 1 is 0.279 bits per heavy atom. The van der Waals surface area contributed by atoms with Crippen LogP contribution in [0.5, 0.6) is 23.0 Å². The van der Waals surface area contributed by atoms with Gasteiger partial charge in [0.15, 0.2) is 0 Å². The van der Waals surface area contributed by atoms with Crippen LogP contribution < -0.4 is 21.4 Å². The van der Waals surface area contributed by atoms with E-state index in [1.165, 1.54) is 24.3 Å². The summed E-state index contributed by atoms with van der Waals surface area (Å²) >= 11 is 0. The molecule has 5 heterocycles. The predicted octanol–water partition coefficient (Wildman–Crippen LogP) is 2.11. The molecule has 0 aliphatic carbocycles. The van der Waals surface area contributed by atoms with Gasteiger partial charge >= 0.3 is 0 Å². The van der Waals surface area contributed by atoms with Gasteiger partial charge < -0.3 is 40.4 Å². The fraction of sp³-hybridized carbons (Fsp3) is 0. The Hall–Kier alpha value is -7.68. The molecule has 24 heteroatoms. The fourth-order valence-corrected chi connectivity index (χ4v) is 10.5. The molecule has 68 heavy (non-hydrogen) atoms. The first kappa shape index (κ1) is 45.5.